The molecule has 0 bridgehead atoms. The zero-order valence-corrected chi connectivity index (χ0v) is 13.4. The van der Waals surface area contributed by atoms with Crippen LogP contribution in [0.3, 0.4) is 0 Å². The molecule has 0 aliphatic carbocycles. The minimum atomic E-state index is 0.704. The van der Waals surface area contributed by atoms with Crippen LogP contribution in [0.1, 0.15) is 5.56 Å². The van der Waals surface area contributed by atoms with Gasteiger partial charge in [-0.15, -0.1) is 0 Å². The molecular weight excluding hydrogens is 268 g/mol. The molecule has 0 aliphatic rings. The van der Waals surface area contributed by atoms with Crippen LogP contribution in [-0.4, -0.2) is 60.8 Å². The second kappa shape index (κ2) is 11.5. The van der Waals surface area contributed by atoms with Crippen LogP contribution < -0.4 is 10.2 Å². The highest BCUT2D eigenvalue weighted by Gasteiger charge is 2.10. The summed E-state index contributed by atoms with van der Waals surface area (Å²) in [5, 5.41) is 3.40. The molecule has 0 saturated heterocycles. The normalized spacial score (nSPS) is 10.8. The zero-order chi connectivity index (χ0) is 15.3. The monoisotopic (exact) mass is 296 g/mol. The number of hydrogen-bond acceptors (Lipinski definition) is 5. The average Bonchev–Trinajstić information content (AvgIpc) is 2.52. The Balaban J connectivity index is 2.70. The van der Waals surface area contributed by atoms with Crippen LogP contribution in [0.5, 0.6) is 0 Å². The van der Waals surface area contributed by atoms with Crippen molar-refractivity contribution >= 4 is 5.69 Å². The van der Waals surface area contributed by atoms with E-state index in [1.165, 1.54) is 11.3 Å². The predicted octanol–water partition coefficient (Wildman–Crippen LogP) is 1.52. The van der Waals surface area contributed by atoms with E-state index in [1.54, 1.807) is 21.3 Å². The Morgan fingerprint density at radius 2 is 1.52 bits per heavy atom. The van der Waals surface area contributed by atoms with E-state index in [-0.39, 0.29) is 0 Å². The lowest BCUT2D eigenvalue weighted by Gasteiger charge is -2.27. The highest BCUT2D eigenvalue weighted by Crippen LogP contribution is 2.20. The summed E-state index contributed by atoms with van der Waals surface area (Å²) >= 11 is 0. The van der Waals surface area contributed by atoms with Crippen LogP contribution in [0.25, 0.3) is 0 Å². The molecule has 1 aromatic carbocycles. The van der Waals surface area contributed by atoms with Gasteiger partial charge in [-0.2, -0.15) is 0 Å². The van der Waals surface area contributed by atoms with E-state index in [0.29, 0.717) is 13.2 Å². The predicted molar refractivity (Wildman–Crippen MR) is 86.0 cm³/mol. The summed E-state index contributed by atoms with van der Waals surface area (Å²) in [6.45, 7) is 5.52. The van der Waals surface area contributed by atoms with Gasteiger partial charge in [0.05, 0.1) is 19.8 Å². The second-order valence-corrected chi connectivity index (χ2v) is 4.77. The van der Waals surface area contributed by atoms with Gasteiger partial charge in [0.2, 0.25) is 0 Å². The molecule has 0 aromatic heterocycles. The van der Waals surface area contributed by atoms with Crippen molar-refractivity contribution in [2.24, 2.45) is 0 Å². The molecule has 1 N–H and O–H groups in total. The van der Waals surface area contributed by atoms with Gasteiger partial charge in [-0.25, -0.2) is 0 Å². The first-order valence-electron chi connectivity index (χ1n) is 7.33. The van der Waals surface area contributed by atoms with Crippen molar-refractivity contribution < 1.29 is 14.2 Å². The largest absolute Gasteiger partial charge is 0.383 e. The fraction of sp³-hybridized carbons (Fsp3) is 0.625. The van der Waals surface area contributed by atoms with E-state index < -0.39 is 0 Å². The lowest BCUT2D eigenvalue weighted by Crippen LogP contribution is -2.32. The van der Waals surface area contributed by atoms with Gasteiger partial charge in [0.25, 0.3) is 0 Å². The Labute approximate surface area is 128 Å². The molecule has 0 aliphatic heterocycles. The quantitative estimate of drug-likeness (QED) is 0.592. The van der Waals surface area contributed by atoms with Crippen LogP contribution >= 0.6 is 0 Å². The van der Waals surface area contributed by atoms with Crippen LogP contribution in [0.4, 0.5) is 5.69 Å². The minimum Gasteiger partial charge on any atom is -0.383 e. The fourth-order valence-electron chi connectivity index (χ4n) is 2.12. The SMILES string of the molecule is COCCNCc1ccccc1N(CCOC)CCOC. The van der Waals surface area contributed by atoms with Gasteiger partial charge < -0.3 is 24.4 Å². The van der Waals surface area contributed by atoms with Gasteiger partial charge in [0.15, 0.2) is 0 Å². The van der Waals surface area contributed by atoms with E-state index >= 15 is 0 Å². The van der Waals surface area contributed by atoms with Gasteiger partial charge in [-0.3, -0.25) is 0 Å². The smallest absolute Gasteiger partial charge is 0.0637 e. The van der Waals surface area contributed by atoms with Crippen LogP contribution in [0, 0.1) is 0 Å². The first-order chi connectivity index (χ1) is 10.3. The number of benzene rings is 1. The Hall–Kier alpha value is -1.14. The molecule has 1 rings (SSSR count). The summed E-state index contributed by atoms with van der Waals surface area (Å²) < 4.78 is 15.5. The van der Waals surface area contributed by atoms with Crippen molar-refractivity contribution in [3.8, 4) is 0 Å². The zero-order valence-electron chi connectivity index (χ0n) is 13.4. The van der Waals surface area contributed by atoms with Crippen molar-refractivity contribution in [3.63, 3.8) is 0 Å². The van der Waals surface area contributed by atoms with Crippen molar-refractivity contribution in [2.45, 2.75) is 6.54 Å². The minimum absolute atomic E-state index is 0.704. The number of hydrogen-bond donors (Lipinski definition) is 1. The highest BCUT2D eigenvalue weighted by atomic mass is 16.5. The fourth-order valence-corrected chi connectivity index (χ4v) is 2.12. The van der Waals surface area contributed by atoms with Crippen LogP contribution in [0.15, 0.2) is 24.3 Å². The summed E-state index contributed by atoms with van der Waals surface area (Å²) in [5.74, 6) is 0. The topological polar surface area (TPSA) is 43.0 Å². The lowest BCUT2D eigenvalue weighted by atomic mass is 10.1. The van der Waals surface area contributed by atoms with Gasteiger partial charge in [0.1, 0.15) is 0 Å². The molecule has 0 unspecified atom stereocenters. The lowest BCUT2D eigenvalue weighted by molar-refractivity contribution is 0.190. The first-order valence-corrected chi connectivity index (χ1v) is 7.33. The van der Waals surface area contributed by atoms with Crippen molar-refractivity contribution in [3.05, 3.63) is 29.8 Å². The molecular formula is C16H28N2O3. The maximum Gasteiger partial charge on any atom is 0.0637 e. The third-order valence-corrected chi connectivity index (χ3v) is 3.26. The van der Waals surface area contributed by atoms with Crippen molar-refractivity contribution in [2.75, 3.05) is 65.7 Å². The molecule has 5 heteroatoms. The average molecular weight is 296 g/mol. The van der Waals surface area contributed by atoms with E-state index in [4.69, 9.17) is 14.2 Å². The molecule has 1 aromatic rings. The summed E-state index contributed by atoms with van der Waals surface area (Å²) in [6, 6.07) is 8.45. The molecule has 0 amide bonds. The Morgan fingerprint density at radius 1 is 0.905 bits per heavy atom. The van der Waals surface area contributed by atoms with Gasteiger partial charge in [0, 0.05) is 53.2 Å². The number of ether oxygens (including phenoxy) is 3. The molecule has 0 radical (unpaired) electrons. The molecule has 0 heterocycles. The van der Waals surface area contributed by atoms with E-state index in [1.807, 2.05) is 0 Å². The Kier molecular flexibility index (Phi) is 9.82. The Morgan fingerprint density at radius 3 is 2.14 bits per heavy atom. The number of para-hydroxylation sites is 1. The first kappa shape index (κ1) is 17.9. The van der Waals surface area contributed by atoms with Gasteiger partial charge in [-0.1, -0.05) is 18.2 Å². The molecule has 5 nitrogen and oxygen atoms in total. The number of nitrogens with one attached hydrogen (secondary N) is 1. The van der Waals surface area contributed by atoms with Crippen LogP contribution in [0.2, 0.25) is 0 Å². The third kappa shape index (κ3) is 6.91. The molecule has 0 spiro atoms. The molecule has 21 heavy (non-hydrogen) atoms. The molecule has 120 valence electrons. The summed E-state index contributed by atoms with van der Waals surface area (Å²) in [7, 11) is 5.17. The van der Waals surface area contributed by atoms with E-state index in [9.17, 15) is 0 Å². The van der Waals surface area contributed by atoms with E-state index in [0.717, 1.165) is 32.8 Å². The second-order valence-electron chi connectivity index (χ2n) is 4.77. The summed E-state index contributed by atoms with van der Waals surface area (Å²) in [6.07, 6.45) is 0. The standard InChI is InChI=1S/C16H28N2O3/c1-19-11-8-17-14-15-6-4-5-7-16(15)18(9-12-20-2)10-13-21-3/h4-7,17H,8-14H2,1-3H3. The summed E-state index contributed by atoms with van der Waals surface area (Å²) in [4.78, 5) is 2.31. The van der Waals surface area contributed by atoms with E-state index in [2.05, 4.69) is 34.5 Å². The van der Waals surface area contributed by atoms with Gasteiger partial charge >= 0.3 is 0 Å². The number of nitrogens with zero attached hydrogens (tertiary/aromatic N) is 1. The molecule has 0 atom stereocenters. The number of rotatable bonds is 12. The maximum absolute atomic E-state index is 5.21. The summed E-state index contributed by atoms with van der Waals surface area (Å²) in [5.41, 5.74) is 2.51. The third-order valence-electron chi connectivity index (χ3n) is 3.26. The number of methoxy groups -OCH3 is 3. The maximum atomic E-state index is 5.21. The van der Waals surface area contributed by atoms with Crippen molar-refractivity contribution in [1.82, 2.24) is 5.32 Å². The Bertz CT molecular complexity index is 366. The molecule has 0 fully saturated rings. The van der Waals surface area contributed by atoms with Crippen molar-refractivity contribution in [1.29, 1.82) is 0 Å². The van der Waals surface area contributed by atoms with Crippen LogP contribution in [-0.2, 0) is 20.8 Å². The van der Waals surface area contributed by atoms with Gasteiger partial charge in [-0.05, 0) is 11.6 Å². The number of anilines is 1. The molecule has 0 saturated carbocycles. The highest BCUT2D eigenvalue weighted by molar-refractivity contribution is 5.53.